The number of hydrogen-bond donors (Lipinski definition) is 1. The SMILES string of the molecule is COc1ccc(C(=O)Nc2ccc(Br)c(C)n2)nn1. The molecule has 1 amide bonds. The highest BCUT2D eigenvalue weighted by atomic mass is 79.9. The molecule has 0 aromatic carbocycles. The van der Waals surface area contributed by atoms with E-state index in [1.54, 1.807) is 12.1 Å². The summed E-state index contributed by atoms with van der Waals surface area (Å²) in [5, 5.41) is 10.1. The van der Waals surface area contributed by atoms with Gasteiger partial charge in [0, 0.05) is 10.5 Å². The lowest BCUT2D eigenvalue weighted by molar-refractivity contribution is 0.102. The molecule has 6 nitrogen and oxygen atoms in total. The minimum atomic E-state index is -0.371. The van der Waals surface area contributed by atoms with Crippen LogP contribution in [-0.2, 0) is 0 Å². The van der Waals surface area contributed by atoms with Crippen molar-refractivity contribution < 1.29 is 9.53 Å². The molecule has 7 heteroatoms. The van der Waals surface area contributed by atoms with Crippen LogP contribution in [0.2, 0.25) is 0 Å². The van der Waals surface area contributed by atoms with Crippen molar-refractivity contribution in [3.05, 3.63) is 40.1 Å². The van der Waals surface area contributed by atoms with Gasteiger partial charge in [0.2, 0.25) is 5.88 Å². The number of pyridine rings is 1. The fourth-order valence-electron chi connectivity index (χ4n) is 1.34. The predicted octanol–water partition coefficient (Wildman–Crippen LogP) is 2.20. The molecule has 0 fully saturated rings. The van der Waals surface area contributed by atoms with Gasteiger partial charge in [0.15, 0.2) is 5.69 Å². The Bertz CT molecular complexity index is 601. The van der Waals surface area contributed by atoms with Gasteiger partial charge >= 0.3 is 0 Å². The molecule has 2 rings (SSSR count). The number of rotatable bonds is 3. The van der Waals surface area contributed by atoms with Crippen LogP contribution in [0.25, 0.3) is 0 Å². The van der Waals surface area contributed by atoms with Crippen LogP contribution in [0.5, 0.6) is 5.88 Å². The normalized spacial score (nSPS) is 10.1. The highest BCUT2D eigenvalue weighted by Crippen LogP contribution is 2.16. The van der Waals surface area contributed by atoms with E-state index in [-0.39, 0.29) is 11.6 Å². The van der Waals surface area contributed by atoms with E-state index in [0.29, 0.717) is 11.7 Å². The first-order chi connectivity index (χ1) is 9.10. The van der Waals surface area contributed by atoms with Gasteiger partial charge in [-0.25, -0.2) is 4.98 Å². The lowest BCUT2D eigenvalue weighted by Crippen LogP contribution is -2.15. The van der Waals surface area contributed by atoms with Crippen molar-refractivity contribution in [3.63, 3.8) is 0 Å². The van der Waals surface area contributed by atoms with Gasteiger partial charge in [-0.05, 0) is 41.1 Å². The number of carbonyl (C=O) groups excluding carboxylic acids is 1. The van der Waals surface area contributed by atoms with E-state index >= 15 is 0 Å². The van der Waals surface area contributed by atoms with Crippen LogP contribution < -0.4 is 10.1 Å². The van der Waals surface area contributed by atoms with Gasteiger partial charge < -0.3 is 10.1 Å². The standard InChI is InChI=1S/C12H11BrN4O2/c1-7-8(13)3-5-10(14-7)15-12(18)9-4-6-11(19-2)17-16-9/h3-6H,1-2H3,(H,14,15,18). The largest absolute Gasteiger partial charge is 0.480 e. The van der Waals surface area contributed by atoms with Gasteiger partial charge in [-0.1, -0.05) is 0 Å². The van der Waals surface area contributed by atoms with Crippen LogP contribution >= 0.6 is 15.9 Å². The Hall–Kier alpha value is -2.02. The summed E-state index contributed by atoms with van der Waals surface area (Å²) in [6, 6.07) is 6.62. The summed E-state index contributed by atoms with van der Waals surface area (Å²) in [5.41, 5.74) is 0.988. The van der Waals surface area contributed by atoms with Crippen molar-refractivity contribution >= 4 is 27.7 Å². The third kappa shape index (κ3) is 3.25. The number of methoxy groups -OCH3 is 1. The Morgan fingerprint density at radius 2 is 2.05 bits per heavy atom. The molecular weight excluding hydrogens is 312 g/mol. The molecule has 2 heterocycles. The molecule has 0 radical (unpaired) electrons. The Kier molecular flexibility index (Phi) is 4.06. The summed E-state index contributed by atoms with van der Waals surface area (Å²) < 4.78 is 5.76. The highest BCUT2D eigenvalue weighted by molar-refractivity contribution is 9.10. The van der Waals surface area contributed by atoms with E-state index in [2.05, 4.69) is 36.4 Å². The molecule has 0 saturated carbocycles. The summed E-state index contributed by atoms with van der Waals surface area (Å²) >= 11 is 3.34. The van der Waals surface area contributed by atoms with Crippen molar-refractivity contribution in [1.29, 1.82) is 0 Å². The molecule has 0 saturated heterocycles. The number of halogens is 1. The second-order valence-corrected chi connectivity index (χ2v) is 4.53. The molecule has 0 aliphatic rings. The first-order valence-electron chi connectivity index (χ1n) is 5.42. The van der Waals surface area contributed by atoms with Gasteiger partial charge in [0.05, 0.1) is 12.8 Å². The average molecular weight is 323 g/mol. The van der Waals surface area contributed by atoms with E-state index in [9.17, 15) is 4.79 Å². The molecule has 0 aliphatic carbocycles. The van der Waals surface area contributed by atoms with E-state index < -0.39 is 0 Å². The fourth-order valence-corrected chi connectivity index (χ4v) is 1.56. The molecule has 0 aliphatic heterocycles. The molecule has 0 bridgehead atoms. The molecule has 2 aromatic heterocycles. The first kappa shape index (κ1) is 13.4. The lowest BCUT2D eigenvalue weighted by Gasteiger charge is -2.05. The van der Waals surface area contributed by atoms with Crippen LogP contribution in [0.3, 0.4) is 0 Å². The highest BCUT2D eigenvalue weighted by Gasteiger charge is 2.10. The van der Waals surface area contributed by atoms with Gasteiger partial charge in [0.1, 0.15) is 5.82 Å². The summed E-state index contributed by atoms with van der Waals surface area (Å²) in [6.45, 7) is 1.84. The van der Waals surface area contributed by atoms with Gasteiger partial charge in [-0.2, -0.15) is 0 Å². The molecule has 2 aromatic rings. The Balaban J connectivity index is 2.13. The topological polar surface area (TPSA) is 77.0 Å². The molecule has 1 N–H and O–H groups in total. The summed E-state index contributed by atoms with van der Waals surface area (Å²) in [5.74, 6) is 0.446. The first-order valence-corrected chi connectivity index (χ1v) is 6.21. The quantitative estimate of drug-likeness (QED) is 0.937. The lowest BCUT2D eigenvalue weighted by atomic mass is 10.3. The van der Waals surface area contributed by atoms with Crippen molar-refractivity contribution in [1.82, 2.24) is 15.2 Å². The number of aromatic nitrogens is 3. The number of ether oxygens (including phenoxy) is 1. The van der Waals surface area contributed by atoms with E-state index in [1.807, 2.05) is 13.0 Å². The third-order valence-electron chi connectivity index (χ3n) is 2.34. The molecule has 98 valence electrons. The molecule has 0 unspecified atom stereocenters. The van der Waals surface area contributed by atoms with E-state index in [4.69, 9.17) is 4.74 Å². The number of nitrogens with one attached hydrogen (secondary N) is 1. The minimum Gasteiger partial charge on any atom is -0.480 e. The molecule has 0 atom stereocenters. The van der Waals surface area contributed by atoms with Gasteiger partial charge in [-0.15, -0.1) is 10.2 Å². The van der Waals surface area contributed by atoms with Crippen molar-refractivity contribution in [2.24, 2.45) is 0 Å². The maximum Gasteiger partial charge on any atom is 0.277 e. The van der Waals surface area contributed by atoms with Crippen molar-refractivity contribution in [2.75, 3.05) is 12.4 Å². The molecule has 19 heavy (non-hydrogen) atoms. The van der Waals surface area contributed by atoms with E-state index in [0.717, 1.165) is 10.2 Å². The van der Waals surface area contributed by atoms with Crippen LogP contribution in [0.4, 0.5) is 5.82 Å². The number of aryl methyl sites for hydroxylation is 1. The Labute approximate surface area is 118 Å². The number of nitrogens with zero attached hydrogens (tertiary/aromatic N) is 3. The summed E-state index contributed by atoms with van der Waals surface area (Å²) in [4.78, 5) is 16.1. The van der Waals surface area contributed by atoms with Crippen LogP contribution in [0, 0.1) is 6.92 Å². The monoisotopic (exact) mass is 322 g/mol. The van der Waals surface area contributed by atoms with Crippen LogP contribution in [-0.4, -0.2) is 28.2 Å². The summed E-state index contributed by atoms with van der Waals surface area (Å²) in [6.07, 6.45) is 0. The third-order valence-corrected chi connectivity index (χ3v) is 3.18. The van der Waals surface area contributed by atoms with Crippen molar-refractivity contribution in [2.45, 2.75) is 6.92 Å². The molecular formula is C12H11BrN4O2. The van der Waals surface area contributed by atoms with Gasteiger partial charge in [0.25, 0.3) is 5.91 Å². The Morgan fingerprint density at radius 1 is 1.26 bits per heavy atom. The Morgan fingerprint density at radius 3 is 2.63 bits per heavy atom. The van der Waals surface area contributed by atoms with Crippen molar-refractivity contribution in [3.8, 4) is 5.88 Å². The zero-order valence-electron chi connectivity index (χ0n) is 10.3. The fraction of sp³-hybridized carbons (Fsp3) is 0.167. The predicted molar refractivity (Wildman–Crippen MR) is 73.2 cm³/mol. The second-order valence-electron chi connectivity index (χ2n) is 3.68. The van der Waals surface area contributed by atoms with Crippen LogP contribution in [0.1, 0.15) is 16.2 Å². The zero-order chi connectivity index (χ0) is 13.8. The minimum absolute atomic E-state index is 0.197. The summed E-state index contributed by atoms with van der Waals surface area (Å²) in [7, 11) is 1.48. The number of hydrogen-bond acceptors (Lipinski definition) is 5. The second kappa shape index (κ2) is 5.75. The molecule has 0 spiro atoms. The maximum atomic E-state index is 11.9. The van der Waals surface area contributed by atoms with E-state index in [1.165, 1.54) is 13.2 Å². The zero-order valence-corrected chi connectivity index (χ0v) is 11.9. The number of carbonyl (C=O) groups is 1. The number of amides is 1. The maximum absolute atomic E-state index is 11.9. The average Bonchev–Trinajstić information content (AvgIpc) is 2.43. The smallest absolute Gasteiger partial charge is 0.277 e. The number of anilines is 1. The van der Waals surface area contributed by atoms with Gasteiger partial charge in [-0.3, -0.25) is 4.79 Å². The van der Waals surface area contributed by atoms with Crippen LogP contribution in [0.15, 0.2) is 28.7 Å².